The average molecular weight is 231 g/mol. The molecule has 0 amide bonds. The lowest BCUT2D eigenvalue weighted by molar-refractivity contribution is 0.272. The first-order valence-electron chi connectivity index (χ1n) is 6.94. The van der Waals surface area contributed by atoms with Crippen LogP contribution in [0.25, 0.3) is 0 Å². The van der Waals surface area contributed by atoms with E-state index in [9.17, 15) is 0 Å². The van der Waals surface area contributed by atoms with Crippen molar-refractivity contribution in [2.45, 2.75) is 52.0 Å². The molecule has 0 aromatic heterocycles. The molecule has 2 rings (SSSR count). The number of benzene rings is 1. The van der Waals surface area contributed by atoms with Crippen LogP contribution in [0.4, 0.5) is 0 Å². The van der Waals surface area contributed by atoms with Gasteiger partial charge < -0.3 is 5.32 Å². The molecule has 1 saturated carbocycles. The van der Waals surface area contributed by atoms with E-state index >= 15 is 0 Å². The lowest BCUT2D eigenvalue weighted by atomic mass is 9.79. The van der Waals surface area contributed by atoms with Crippen molar-refractivity contribution in [1.82, 2.24) is 5.32 Å². The highest BCUT2D eigenvalue weighted by Gasteiger charge is 2.24. The first kappa shape index (κ1) is 12.6. The number of nitrogens with one attached hydrogen (secondary N) is 1. The van der Waals surface area contributed by atoms with Crippen molar-refractivity contribution in [2.24, 2.45) is 5.92 Å². The van der Waals surface area contributed by atoms with E-state index in [4.69, 9.17) is 0 Å². The molecule has 0 saturated heterocycles. The van der Waals surface area contributed by atoms with Gasteiger partial charge in [-0.05, 0) is 62.8 Å². The topological polar surface area (TPSA) is 12.0 Å². The second-order valence-corrected chi connectivity index (χ2v) is 5.51. The maximum Gasteiger partial charge on any atom is 0.00955 e. The predicted molar refractivity (Wildman–Crippen MR) is 74.4 cm³/mol. The van der Waals surface area contributed by atoms with E-state index in [2.05, 4.69) is 44.4 Å². The molecule has 1 N–H and O–H groups in total. The minimum Gasteiger partial charge on any atom is -0.317 e. The molecule has 2 atom stereocenters. The van der Waals surface area contributed by atoms with Gasteiger partial charge >= 0.3 is 0 Å². The minimum absolute atomic E-state index is 0.725. The predicted octanol–water partition coefficient (Wildman–Crippen LogP) is 3.62. The lowest BCUT2D eigenvalue weighted by Crippen LogP contribution is -2.37. The number of hydrogen-bond acceptors (Lipinski definition) is 1. The molecule has 1 fully saturated rings. The van der Waals surface area contributed by atoms with Crippen molar-refractivity contribution in [3.05, 3.63) is 34.9 Å². The van der Waals surface area contributed by atoms with Gasteiger partial charge in [-0.2, -0.15) is 0 Å². The zero-order valence-corrected chi connectivity index (χ0v) is 11.4. The standard InChI is InChI=1S/C16H25N/c1-12-7-6-8-13(2)15(12)11-14-9-4-5-10-16(14)17-3/h6-8,14,16-17H,4-5,9-11H2,1-3H3. The summed E-state index contributed by atoms with van der Waals surface area (Å²) < 4.78 is 0. The van der Waals surface area contributed by atoms with Gasteiger partial charge in [-0.3, -0.25) is 0 Å². The maximum atomic E-state index is 3.51. The summed E-state index contributed by atoms with van der Waals surface area (Å²) in [5.74, 6) is 0.827. The summed E-state index contributed by atoms with van der Waals surface area (Å²) in [6.07, 6.45) is 6.80. The Hall–Kier alpha value is -0.820. The molecule has 94 valence electrons. The quantitative estimate of drug-likeness (QED) is 0.837. The van der Waals surface area contributed by atoms with E-state index in [0.29, 0.717) is 0 Å². The van der Waals surface area contributed by atoms with Crippen LogP contribution in [-0.2, 0) is 6.42 Å². The average Bonchev–Trinajstić information content (AvgIpc) is 2.34. The largest absolute Gasteiger partial charge is 0.317 e. The molecular formula is C16H25N. The van der Waals surface area contributed by atoms with E-state index in [-0.39, 0.29) is 0 Å². The molecule has 17 heavy (non-hydrogen) atoms. The molecule has 1 heteroatoms. The Balaban J connectivity index is 2.13. The second-order valence-electron chi connectivity index (χ2n) is 5.51. The molecule has 1 aromatic carbocycles. The molecule has 1 aromatic rings. The van der Waals surface area contributed by atoms with Gasteiger partial charge in [0.1, 0.15) is 0 Å². The van der Waals surface area contributed by atoms with Gasteiger partial charge in [0.05, 0.1) is 0 Å². The van der Waals surface area contributed by atoms with Crippen LogP contribution in [0.1, 0.15) is 42.4 Å². The van der Waals surface area contributed by atoms with E-state index in [1.165, 1.54) is 43.2 Å². The Morgan fingerprint density at radius 1 is 1.12 bits per heavy atom. The smallest absolute Gasteiger partial charge is 0.00955 e. The van der Waals surface area contributed by atoms with Gasteiger partial charge in [0.2, 0.25) is 0 Å². The van der Waals surface area contributed by atoms with E-state index in [1.807, 2.05) is 0 Å². The highest BCUT2D eigenvalue weighted by molar-refractivity contribution is 5.34. The fraction of sp³-hybridized carbons (Fsp3) is 0.625. The van der Waals surface area contributed by atoms with Crippen LogP contribution in [0.15, 0.2) is 18.2 Å². The van der Waals surface area contributed by atoms with E-state index in [0.717, 1.165) is 12.0 Å². The van der Waals surface area contributed by atoms with Crippen molar-refractivity contribution >= 4 is 0 Å². The van der Waals surface area contributed by atoms with Gasteiger partial charge in [-0.15, -0.1) is 0 Å². The molecule has 1 aliphatic rings. The second kappa shape index (κ2) is 5.68. The fourth-order valence-electron chi connectivity index (χ4n) is 3.27. The third-order valence-electron chi connectivity index (χ3n) is 4.39. The SMILES string of the molecule is CNC1CCCCC1Cc1c(C)cccc1C. The summed E-state index contributed by atoms with van der Waals surface area (Å²) in [6, 6.07) is 7.40. The normalized spacial score (nSPS) is 24.9. The molecule has 2 unspecified atom stereocenters. The Morgan fingerprint density at radius 3 is 2.41 bits per heavy atom. The van der Waals surface area contributed by atoms with Gasteiger partial charge in [-0.25, -0.2) is 0 Å². The third kappa shape index (κ3) is 2.90. The summed E-state index contributed by atoms with van der Waals surface area (Å²) in [6.45, 7) is 4.50. The molecule has 0 radical (unpaired) electrons. The highest BCUT2D eigenvalue weighted by Crippen LogP contribution is 2.29. The molecule has 1 nitrogen and oxygen atoms in total. The fourth-order valence-corrected chi connectivity index (χ4v) is 3.27. The number of rotatable bonds is 3. The van der Waals surface area contributed by atoms with Crippen molar-refractivity contribution in [2.75, 3.05) is 7.05 Å². The maximum absolute atomic E-state index is 3.51. The van der Waals surface area contributed by atoms with Crippen LogP contribution in [0.3, 0.4) is 0 Å². The highest BCUT2D eigenvalue weighted by atomic mass is 14.9. The van der Waals surface area contributed by atoms with E-state index in [1.54, 1.807) is 5.56 Å². The van der Waals surface area contributed by atoms with Crippen LogP contribution >= 0.6 is 0 Å². The van der Waals surface area contributed by atoms with E-state index < -0.39 is 0 Å². The first-order chi connectivity index (χ1) is 8.22. The van der Waals surface area contributed by atoms with Crippen LogP contribution in [0.2, 0.25) is 0 Å². The van der Waals surface area contributed by atoms with Crippen molar-refractivity contribution in [1.29, 1.82) is 0 Å². The van der Waals surface area contributed by atoms with Crippen molar-refractivity contribution < 1.29 is 0 Å². The Bertz CT molecular complexity index is 350. The molecular weight excluding hydrogens is 206 g/mol. The van der Waals surface area contributed by atoms with Gasteiger partial charge in [0.25, 0.3) is 0 Å². The zero-order chi connectivity index (χ0) is 12.3. The van der Waals surface area contributed by atoms with Gasteiger partial charge in [0.15, 0.2) is 0 Å². The summed E-state index contributed by atoms with van der Waals surface area (Å²) in [5, 5.41) is 3.51. The van der Waals surface area contributed by atoms with Gasteiger partial charge in [-0.1, -0.05) is 31.0 Å². The van der Waals surface area contributed by atoms with Crippen molar-refractivity contribution in [3.63, 3.8) is 0 Å². The summed E-state index contributed by atoms with van der Waals surface area (Å²) >= 11 is 0. The summed E-state index contributed by atoms with van der Waals surface area (Å²) in [5.41, 5.74) is 4.51. The lowest BCUT2D eigenvalue weighted by Gasteiger charge is -2.32. The summed E-state index contributed by atoms with van der Waals surface area (Å²) in [7, 11) is 2.12. The molecule has 0 spiro atoms. The molecule has 0 bridgehead atoms. The molecule has 0 aliphatic heterocycles. The molecule has 0 heterocycles. The van der Waals surface area contributed by atoms with Crippen molar-refractivity contribution in [3.8, 4) is 0 Å². The Morgan fingerprint density at radius 2 is 1.76 bits per heavy atom. The molecule has 1 aliphatic carbocycles. The van der Waals surface area contributed by atoms with Crippen LogP contribution in [0, 0.1) is 19.8 Å². The van der Waals surface area contributed by atoms with Gasteiger partial charge in [0, 0.05) is 6.04 Å². The van der Waals surface area contributed by atoms with Crippen LogP contribution < -0.4 is 5.32 Å². The number of hydrogen-bond donors (Lipinski definition) is 1. The minimum atomic E-state index is 0.725. The number of aryl methyl sites for hydroxylation is 2. The first-order valence-corrected chi connectivity index (χ1v) is 6.94. The summed E-state index contributed by atoms with van der Waals surface area (Å²) in [4.78, 5) is 0. The zero-order valence-electron chi connectivity index (χ0n) is 11.4. The van der Waals surface area contributed by atoms with Crippen LogP contribution in [0.5, 0.6) is 0 Å². The monoisotopic (exact) mass is 231 g/mol. The Labute approximate surface area is 106 Å². The third-order valence-corrected chi connectivity index (χ3v) is 4.39. The van der Waals surface area contributed by atoms with Crippen LogP contribution in [-0.4, -0.2) is 13.1 Å². The Kier molecular flexibility index (Phi) is 4.22.